The minimum Gasteiger partial charge on any atom is -0.434 e. The molecule has 3 aromatic rings. The summed E-state index contributed by atoms with van der Waals surface area (Å²) in [4.78, 5) is 9.55. The van der Waals surface area contributed by atoms with Gasteiger partial charge in [0.15, 0.2) is 35.1 Å². The molecule has 0 amide bonds. The summed E-state index contributed by atoms with van der Waals surface area (Å²) in [7, 11) is 4.07. The predicted octanol–water partition coefficient (Wildman–Crippen LogP) is 0.151. The lowest BCUT2D eigenvalue weighted by molar-refractivity contribution is -0.659. The van der Waals surface area contributed by atoms with Crippen molar-refractivity contribution in [1.29, 1.82) is 0 Å². The molecule has 3 aromatic heterocycles. The number of fused-ring (bicyclic) bond motifs is 4. The third-order valence-electron chi connectivity index (χ3n) is 5.17. The Balaban J connectivity index is 1.87. The quantitative estimate of drug-likeness (QED) is 0.292. The minimum absolute atomic E-state index is 0.0473. The lowest BCUT2D eigenvalue weighted by Crippen LogP contribution is -2.73. The van der Waals surface area contributed by atoms with Gasteiger partial charge in [0.1, 0.15) is 19.9 Å². The number of hydrogen-bond donors (Lipinski definition) is 0. The summed E-state index contributed by atoms with van der Waals surface area (Å²) < 4.78 is 16.7. The van der Waals surface area contributed by atoms with Crippen molar-refractivity contribution in [1.82, 2.24) is 9.97 Å². The van der Waals surface area contributed by atoms with Gasteiger partial charge in [-0.05, 0) is 12.1 Å². The molecule has 0 atom stereocenters. The number of pyridine rings is 2. The van der Waals surface area contributed by atoms with E-state index in [0.717, 1.165) is 28.1 Å². The number of aryl methyl sites for hydroxylation is 2. The predicted molar refractivity (Wildman–Crippen MR) is 101 cm³/mol. The van der Waals surface area contributed by atoms with Gasteiger partial charge in [0, 0.05) is 17.5 Å². The molecule has 27 heavy (non-hydrogen) atoms. The SMILES string of the molecule is C[n+]1cccc2c1B1c3c(nc(C(C)(C)C)nc3Oc3ccc[n+](C)c31)O2. The second kappa shape index (κ2) is 5.28. The van der Waals surface area contributed by atoms with Crippen LogP contribution in [0.5, 0.6) is 23.3 Å². The standard InChI is InChI=1S/C20H21BN4O2/c1-20(2,3)19-22-17-14-18(23-19)27-13-9-7-11-25(5)16(13)21(14)15-12(26-17)8-6-10-24(15)4/h6-11H,1-5H3/q+2. The Kier molecular flexibility index (Phi) is 3.18. The molecule has 0 saturated heterocycles. The van der Waals surface area contributed by atoms with Gasteiger partial charge in [-0.3, -0.25) is 0 Å². The summed E-state index contributed by atoms with van der Waals surface area (Å²) in [6.45, 7) is 6.22. The zero-order valence-electron chi connectivity index (χ0n) is 16.1. The molecule has 0 aromatic carbocycles. The van der Waals surface area contributed by atoms with Crippen molar-refractivity contribution >= 4 is 23.4 Å². The number of ether oxygens (including phenoxy) is 2. The Morgan fingerprint density at radius 1 is 0.852 bits per heavy atom. The zero-order valence-corrected chi connectivity index (χ0v) is 16.1. The van der Waals surface area contributed by atoms with E-state index in [1.165, 1.54) is 0 Å². The van der Waals surface area contributed by atoms with Crippen molar-refractivity contribution in [3.63, 3.8) is 0 Å². The number of nitrogens with zero attached hydrogens (tertiary/aromatic N) is 4. The average Bonchev–Trinajstić information content (AvgIpc) is 2.60. The Morgan fingerprint density at radius 3 is 1.78 bits per heavy atom. The molecule has 0 saturated carbocycles. The first-order valence-electron chi connectivity index (χ1n) is 9.10. The lowest BCUT2D eigenvalue weighted by atomic mass is 9.38. The monoisotopic (exact) mass is 360 g/mol. The van der Waals surface area contributed by atoms with Crippen LogP contribution in [-0.4, -0.2) is 16.7 Å². The zero-order chi connectivity index (χ0) is 18.9. The maximum Gasteiger partial charge on any atom is 0.426 e. The van der Waals surface area contributed by atoms with Crippen molar-refractivity contribution in [2.75, 3.05) is 0 Å². The van der Waals surface area contributed by atoms with Crippen LogP contribution in [0.25, 0.3) is 0 Å². The number of aromatic nitrogens is 4. The van der Waals surface area contributed by atoms with Crippen LogP contribution in [0.2, 0.25) is 0 Å². The maximum absolute atomic E-state index is 6.23. The molecule has 6 nitrogen and oxygen atoms in total. The lowest BCUT2D eigenvalue weighted by Gasteiger charge is -2.28. The van der Waals surface area contributed by atoms with E-state index in [1.54, 1.807) is 0 Å². The van der Waals surface area contributed by atoms with E-state index in [2.05, 4.69) is 29.9 Å². The minimum atomic E-state index is -0.211. The molecule has 0 unspecified atom stereocenters. The molecule has 0 radical (unpaired) electrons. The summed E-state index contributed by atoms with van der Waals surface area (Å²) in [5, 5.41) is 0. The van der Waals surface area contributed by atoms with Crippen LogP contribution < -0.4 is 35.3 Å². The first kappa shape index (κ1) is 16.2. The molecule has 5 heterocycles. The fourth-order valence-corrected chi connectivity index (χ4v) is 3.84. The summed E-state index contributed by atoms with van der Waals surface area (Å²) in [6, 6.07) is 7.97. The van der Waals surface area contributed by atoms with Gasteiger partial charge in [-0.1, -0.05) is 20.8 Å². The van der Waals surface area contributed by atoms with Crippen LogP contribution in [0.15, 0.2) is 36.7 Å². The van der Waals surface area contributed by atoms with Crippen molar-refractivity contribution < 1.29 is 18.6 Å². The summed E-state index contributed by atoms with van der Waals surface area (Å²) in [5.41, 5.74) is 2.83. The summed E-state index contributed by atoms with van der Waals surface area (Å²) >= 11 is 0. The van der Waals surface area contributed by atoms with E-state index in [4.69, 9.17) is 19.4 Å². The van der Waals surface area contributed by atoms with Crippen molar-refractivity contribution in [2.45, 2.75) is 26.2 Å². The highest BCUT2D eigenvalue weighted by Crippen LogP contribution is 2.32. The summed E-state index contributed by atoms with van der Waals surface area (Å²) in [5.74, 6) is 3.52. The Hall–Kier alpha value is -2.96. The van der Waals surface area contributed by atoms with Crippen molar-refractivity contribution in [2.24, 2.45) is 14.1 Å². The molecule has 0 fully saturated rings. The fourth-order valence-electron chi connectivity index (χ4n) is 3.84. The highest BCUT2D eigenvalue weighted by Gasteiger charge is 2.53. The first-order chi connectivity index (χ1) is 12.8. The van der Waals surface area contributed by atoms with Crippen LogP contribution in [-0.2, 0) is 19.5 Å². The van der Waals surface area contributed by atoms with E-state index >= 15 is 0 Å². The van der Waals surface area contributed by atoms with Crippen LogP contribution in [0.1, 0.15) is 26.6 Å². The highest BCUT2D eigenvalue weighted by molar-refractivity contribution is 6.96. The normalized spacial score (nSPS) is 13.9. The van der Waals surface area contributed by atoms with Gasteiger partial charge in [-0.15, -0.1) is 0 Å². The third-order valence-corrected chi connectivity index (χ3v) is 5.17. The van der Waals surface area contributed by atoms with Gasteiger partial charge in [0.25, 0.3) is 0 Å². The Bertz CT molecular complexity index is 1030. The van der Waals surface area contributed by atoms with Gasteiger partial charge in [0.2, 0.25) is 11.8 Å². The van der Waals surface area contributed by atoms with E-state index in [0.29, 0.717) is 17.6 Å². The molecular weight excluding hydrogens is 339 g/mol. The maximum atomic E-state index is 6.23. The molecule has 2 aliphatic rings. The van der Waals surface area contributed by atoms with Crippen molar-refractivity contribution in [3.05, 3.63) is 42.5 Å². The van der Waals surface area contributed by atoms with Gasteiger partial charge in [-0.25, -0.2) is 9.13 Å². The first-order valence-corrected chi connectivity index (χ1v) is 9.10. The molecular formula is C20H21BN4O2+2. The van der Waals surface area contributed by atoms with E-state index in [9.17, 15) is 0 Å². The molecule has 0 bridgehead atoms. The average molecular weight is 360 g/mol. The molecule has 7 heteroatoms. The number of rotatable bonds is 0. The molecule has 134 valence electrons. The fraction of sp³-hybridized carbons (Fsp3) is 0.300. The number of hydrogen-bond acceptors (Lipinski definition) is 4. The van der Waals surface area contributed by atoms with Gasteiger partial charge in [0.05, 0.1) is 5.46 Å². The molecule has 0 spiro atoms. The van der Waals surface area contributed by atoms with E-state index in [1.807, 2.05) is 50.8 Å². The summed E-state index contributed by atoms with van der Waals surface area (Å²) in [6.07, 6.45) is 4.07. The largest absolute Gasteiger partial charge is 0.434 e. The molecule has 5 rings (SSSR count). The van der Waals surface area contributed by atoms with Crippen molar-refractivity contribution in [3.8, 4) is 23.3 Å². The molecule has 0 N–H and O–H groups in total. The molecule has 0 aliphatic carbocycles. The topological polar surface area (TPSA) is 52.0 Å². The molecule has 2 aliphatic heterocycles. The Labute approximate surface area is 158 Å². The van der Waals surface area contributed by atoms with E-state index < -0.39 is 0 Å². The smallest absolute Gasteiger partial charge is 0.426 e. The van der Waals surface area contributed by atoms with Gasteiger partial charge < -0.3 is 9.47 Å². The van der Waals surface area contributed by atoms with Crippen LogP contribution in [0, 0.1) is 0 Å². The highest BCUT2D eigenvalue weighted by atomic mass is 16.5. The van der Waals surface area contributed by atoms with Crippen LogP contribution in [0.4, 0.5) is 0 Å². The second-order valence-corrected chi connectivity index (χ2v) is 8.20. The van der Waals surface area contributed by atoms with Crippen LogP contribution in [0.3, 0.4) is 0 Å². The second-order valence-electron chi connectivity index (χ2n) is 8.20. The van der Waals surface area contributed by atoms with Gasteiger partial charge in [-0.2, -0.15) is 9.97 Å². The third kappa shape index (κ3) is 2.27. The van der Waals surface area contributed by atoms with Crippen LogP contribution >= 0.6 is 0 Å². The van der Waals surface area contributed by atoms with E-state index in [-0.39, 0.29) is 12.1 Å². The van der Waals surface area contributed by atoms with Gasteiger partial charge >= 0.3 is 6.71 Å². The Morgan fingerprint density at radius 2 is 1.33 bits per heavy atom.